The number of likely N-dealkylation sites (N-methyl/N-ethyl adjacent to an activating group) is 2. The van der Waals surface area contributed by atoms with E-state index in [4.69, 9.17) is 9.47 Å². The van der Waals surface area contributed by atoms with Crippen LogP contribution in [-0.4, -0.2) is 161 Å². The number of unbranched alkanes of at least 4 members (excludes halogenated alkanes) is 10. The third-order valence-electron chi connectivity index (χ3n) is 18.2. The maximum absolute atomic E-state index is 14.2. The van der Waals surface area contributed by atoms with Gasteiger partial charge in [-0.3, -0.25) is 32.7 Å². The Kier molecular flexibility index (Phi) is 24.8. The SMILES string of the molecule is CCC(C)(C)c1cc(C)ccc1OCCCCN1C(C(C(=O)Nc2ccccc2C)N2C(=O)NC(C)(C)C2=O)=Nc2ccccc2S1(=O)=O.CCCCCCCCCCCCNS(=O)(=O)c1ccc(C)c(NC(=O)C(C2=Nc3ccccc3S(=O)(=O)N2C)N2C(=O)C(OC)N(C)C2=O)c1. The Morgan fingerprint density at radius 3 is 1.81 bits per heavy atom. The van der Waals surface area contributed by atoms with E-state index in [1.807, 2.05) is 25.1 Å². The van der Waals surface area contributed by atoms with E-state index in [0.717, 1.165) is 66.5 Å². The summed E-state index contributed by atoms with van der Waals surface area (Å²) in [7, 11) is -8.73. The number of nitrogens with one attached hydrogen (secondary N) is 4. The molecule has 4 aliphatic heterocycles. The minimum atomic E-state index is -4.25. The van der Waals surface area contributed by atoms with Crippen LogP contribution in [-0.2, 0) is 59.4 Å². The van der Waals surface area contributed by atoms with Crippen molar-refractivity contribution in [3.8, 4) is 5.75 Å². The molecule has 3 atom stereocenters. The first kappa shape index (κ1) is 76.2. The van der Waals surface area contributed by atoms with Crippen molar-refractivity contribution in [2.75, 3.05) is 51.5 Å². The van der Waals surface area contributed by atoms with Crippen LogP contribution in [0.1, 0.15) is 147 Å². The monoisotopic (exact) mass is 1420 g/mol. The minimum absolute atomic E-state index is 0.0203. The maximum Gasteiger partial charge on any atom is 0.330 e. The van der Waals surface area contributed by atoms with E-state index in [1.165, 1.54) is 122 Å². The molecule has 4 heterocycles. The summed E-state index contributed by atoms with van der Waals surface area (Å²) in [5, 5.41) is 8.05. The molecular formula is C71H93N11O14S3. The van der Waals surface area contributed by atoms with Gasteiger partial charge in [-0.15, -0.1) is 0 Å². The average Bonchev–Trinajstić information content (AvgIpc) is 1.73. The number of imide groups is 2. The Morgan fingerprint density at radius 1 is 0.667 bits per heavy atom. The molecule has 0 aromatic heterocycles. The van der Waals surface area contributed by atoms with Crippen molar-refractivity contribution in [2.45, 2.75) is 190 Å². The van der Waals surface area contributed by atoms with Crippen molar-refractivity contribution in [3.63, 3.8) is 0 Å². The van der Waals surface area contributed by atoms with E-state index in [9.17, 15) is 54.0 Å². The second-order valence-electron chi connectivity index (χ2n) is 26.3. The number of anilines is 2. The highest BCUT2D eigenvalue weighted by Crippen LogP contribution is 2.39. The lowest BCUT2D eigenvalue weighted by atomic mass is 9.81. The quantitative estimate of drug-likeness (QED) is 0.0245. The minimum Gasteiger partial charge on any atom is -0.493 e. The molecule has 534 valence electrons. The summed E-state index contributed by atoms with van der Waals surface area (Å²) in [6, 6.07) is 24.2. The van der Waals surface area contributed by atoms with E-state index < -0.39 is 95.4 Å². The van der Waals surface area contributed by atoms with Crippen molar-refractivity contribution in [2.24, 2.45) is 9.98 Å². The predicted octanol–water partition coefficient (Wildman–Crippen LogP) is 11.0. The van der Waals surface area contributed by atoms with Gasteiger partial charge in [-0.1, -0.05) is 152 Å². The molecule has 5 aromatic carbocycles. The van der Waals surface area contributed by atoms with E-state index in [1.54, 1.807) is 50.2 Å². The van der Waals surface area contributed by atoms with Gasteiger partial charge in [-0.05, 0) is 131 Å². The molecule has 25 nitrogen and oxygen atoms in total. The van der Waals surface area contributed by atoms with Gasteiger partial charge < -0.3 is 25.4 Å². The molecule has 9 rings (SSSR count). The fourth-order valence-corrected chi connectivity index (χ4v) is 15.9. The molecule has 5 aromatic rings. The first-order valence-electron chi connectivity index (χ1n) is 33.5. The molecule has 8 amide bonds. The molecule has 2 saturated heterocycles. The largest absolute Gasteiger partial charge is 0.493 e. The molecule has 4 N–H and O–H groups in total. The normalized spacial score (nSPS) is 17.6. The fraction of sp³-hybridized carbons (Fsp3) is 0.465. The van der Waals surface area contributed by atoms with Crippen molar-refractivity contribution in [1.29, 1.82) is 0 Å². The highest BCUT2D eigenvalue weighted by molar-refractivity contribution is 7.90. The van der Waals surface area contributed by atoms with Gasteiger partial charge in [0.25, 0.3) is 43.7 Å². The number of amides is 8. The Labute approximate surface area is 582 Å². The highest BCUT2D eigenvalue weighted by Gasteiger charge is 2.55. The molecule has 28 heteroatoms. The molecular weight excluding hydrogens is 1330 g/mol. The zero-order valence-corrected chi connectivity index (χ0v) is 61.0. The number of carbonyl (C=O) groups is 6. The van der Waals surface area contributed by atoms with Crippen molar-refractivity contribution >= 4 is 100 Å². The second kappa shape index (κ2) is 32.2. The van der Waals surface area contributed by atoms with Crippen LogP contribution in [0.25, 0.3) is 0 Å². The lowest BCUT2D eigenvalue weighted by Crippen LogP contribution is -2.59. The third kappa shape index (κ3) is 17.0. The Balaban J connectivity index is 0.000000252. The number of carbonyl (C=O) groups excluding carboxylic acids is 6. The topological polar surface area (TPSA) is 312 Å². The molecule has 4 aliphatic rings. The number of hydrogen-bond acceptors (Lipinski definition) is 16. The summed E-state index contributed by atoms with van der Waals surface area (Å²) >= 11 is 0. The summed E-state index contributed by atoms with van der Waals surface area (Å²) < 4.78 is 97.8. The van der Waals surface area contributed by atoms with Gasteiger partial charge in [-0.25, -0.2) is 59.3 Å². The van der Waals surface area contributed by atoms with Gasteiger partial charge >= 0.3 is 12.1 Å². The number of aliphatic imine (C=N–C) groups is 2. The van der Waals surface area contributed by atoms with Crippen LogP contribution < -0.4 is 25.4 Å². The molecule has 0 saturated carbocycles. The smallest absolute Gasteiger partial charge is 0.330 e. The number of nitrogens with zero attached hydrogens (tertiary/aromatic N) is 7. The van der Waals surface area contributed by atoms with Gasteiger partial charge in [0.15, 0.2) is 23.8 Å². The number of hydrogen-bond donors (Lipinski definition) is 4. The van der Waals surface area contributed by atoms with Crippen LogP contribution in [0.4, 0.5) is 32.3 Å². The van der Waals surface area contributed by atoms with E-state index in [0.29, 0.717) is 42.0 Å². The maximum atomic E-state index is 14.2. The van der Waals surface area contributed by atoms with Crippen LogP contribution in [0, 0.1) is 20.8 Å². The van der Waals surface area contributed by atoms with Gasteiger partial charge in [0, 0.05) is 45.7 Å². The number of sulfonamides is 3. The number of benzene rings is 5. The molecule has 2 fully saturated rings. The number of amidine groups is 2. The number of fused-ring (bicyclic) bond motifs is 2. The molecule has 0 spiro atoms. The molecule has 99 heavy (non-hydrogen) atoms. The van der Waals surface area contributed by atoms with E-state index >= 15 is 0 Å². The van der Waals surface area contributed by atoms with Gasteiger partial charge in [0.2, 0.25) is 16.3 Å². The first-order chi connectivity index (χ1) is 46.8. The van der Waals surface area contributed by atoms with Gasteiger partial charge in [-0.2, -0.15) is 0 Å². The standard InChI is InChI=1S/C37H45N5O6S.C34H48N6O8S2/c1-8-36(4,5)26-23-24(2)19-20-29(26)48-22-14-13-21-41-32(38-28-17-11-12-18-30(28)49(41,46)47)31(42-34(44)37(6,7)40-35(42)45)33(43)39-27-16-10-9-15-25(27)3;1-6-7-8-9-10-11-12-13-14-17-22-35-49(44,45)25-21-20-24(2)27(23-25)37-31(41)29(40-32(42)33(48-5)38(3)34(40)43)30-36-26-18-15-16-19-28(26)50(46,47)39(30)4/h9-12,15-20,23,31H,8,13-14,21-22H2,1-7H3,(H,39,43)(H,40,45);15-16,18-21,23,29,33,35H,6-14,17,22H2,1-5H3,(H,37,41). The van der Waals surface area contributed by atoms with Crippen LogP contribution in [0.3, 0.4) is 0 Å². The second-order valence-corrected chi connectivity index (χ2v) is 31.8. The van der Waals surface area contributed by atoms with Gasteiger partial charge in [0.05, 0.1) is 22.9 Å². The van der Waals surface area contributed by atoms with Crippen LogP contribution >= 0.6 is 0 Å². The predicted molar refractivity (Wildman–Crippen MR) is 380 cm³/mol. The number of para-hydroxylation sites is 3. The first-order valence-corrected chi connectivity index (χ1v) is 37.9. The number of urea groups is 2. The summed E-state index contributed by atoms with van der Waals surface area (Å²) in [5.41, 5.74) is 2.72. The zero-order chi connectivity index (χ0) is 72.4. The number of ether oxygens (including phenoxy) is 2. The third-order valence-corrected chi connectivity index (χ3v) is 23.3. The molecule has 0 aliphatic carbocycles. The Bertz CT molecular complexity index is 4270. The van der Waals surface area contributed by atoms with E-state index in [-0.39, 0.29) is 56.1 Å². The fourth-order valence-electron chi connectivity index (χ4n) is 11.9. The number of rotatable bonds is 30. The Morgan fingerprint density at radius 2 is 1.22 bits per heavy atom. The lowest BCUT2D eigenvalue weighted by Gasteiger charge is -2.35. The average molecular weight is 1420 g/mol. The number of aryl methyl sites for hydroxylation is 3. The van der Waals surface area contributed by atoms with Crippen molar-refractivity contribution < 1.29 is 63.5 Å². The van der Waals surface area contributed by atoms with Crippen molar-refractivity contribution in [1.82, 2.24) is 33.3 Å². The highest BCUT2D eigenvalue weighted by atomic mass is 32.2. The molecule has 0 radical (unpaired) electrons. The Hall–Kier alpha value is -8.57. The summed E-state index contributed by atoms with van der Waals surface area (Å²) in [6.45, 7) is 17.7. The van der Waals surface area contributed by atoms with Crippen LogP contribution in [0.15, 0.2) is 134 Å². The molecule has 3 unspecified atom stereocenters. The van der Waals surface area contributed by atoms with Crippen LogP contribution in [0.5, 0.6) is 5.75 Å². The summed E-state index contributed by atoms with van der Waals surface area (Å²) in [5.74, 6) is -3.22. The number of methoxy groups -OCH3 is 1. The van der Waals surface area contributed by atoms with Gasteiger partial charge in [0.1, 0.15) is 21.1 Å². The summed E-state index contributed by atoms with van der Waals surface area (Å²) in [6.07, 6.45) is 11.6. The summed E-state index contributed by atoms with van der Waals surface area (Å²) in [4.78, 5) is 93.5. The zero-order valence-electron chi connectivity index (χ0n) is 58.5. The van der Waals surface area contributed by atoms with Crippen LogP contribution in [0.2, 0.25) is 0 Å². The van der Waals surface area contributed by atoms with E-state index in [2.05, 4.69) is 64.4 Å². The molecule has 0 bridgehead atoms. The van der Waals surface area contributed by atoms with Crippen molar-refractivity contribution in [3.05, 3.63) is 131 Å². The lowest BCUT2D eigenvalue weighted by molar-refractivity contribution is -0.141.